The molecule has 170 valence electrons. The number of rotatable bonds is 11. The average Bonchev–Trinajstić information content (AvgIpc) is 3.42. The van der Waals surface area contributed by atoms with Crippen molar-refractivity contribution < 1.29 is 29.1 Å². The monoisotopic (exact) mass is 426 g/mol. The van der Waals surface area contributed by atoms with Crippen LogP contribution in [-0.4, -0.2) is 78.8 Å². The second kappa shape index (κ2) is 12.5. The predicted molar refractivity (Wildman–Crippen MR) is 107 cm³/mol. The Balaban J connectivity index is 1.95. The van der Waals surface area contributed by atoms with Gasteiger partial charge in [0.1, 0.15) is 6.04 Å². The van der Waals surface area contributed by atoms with E-state index in [1.54, 1.807) is 7.11 Å². The van der Waals surface area contributed by atoms with Gasteiger partial charge >= 0.3 is 6.03 Å². The molecule has 3 N–H and O–H groups in total. The third-order valence-corrected chi connectivity index (χ3v) is 5.86. The molecule has 10 nitrogen and oxygen atoms in total. The molecular weight excluding hydrogens is 392 g/mol. The van der Waals surface area contributed by atoms with Crippen LogP contribution in [0.5, 0.6) is 0 Å². The van der Waals surface area contributed by atoms with Gasteiger partial charge in [-0.1, -0.05) is 25.7 Å². The fraction of sp³-hybridized carbons (Fsp3) is 0.800. The van der Waals surface area contributed by atoms with E-state index in [-0.39, 0.29) is 18.9 Å². The molecule has 1 saturated heterocycles. The standard InChI is InChI=1S/C20H34N4O6/c1-30-11-5-9-21-20(28)22-18(26)17-8-4-10-24(17)19(27)16(13-23(29)14-25)12-15-6-2-3-7-15/h14-17,29H,2-13H2,1H3,(H2,21,22,26,28)/t16-,17+/m1/s1. The number of ether oxygens (including phenoxy) is 1. The van der Waals surface area contributed by atoms with E-state index in [1.165, 1.54) is 4.90 Å². The van der Waals surface area contributed by atoms with Crippen molar-refractivity contribution in [1.82, 2.24) is 20.6 Å². The minimum absolute atomic E-state index is 0.0936. The van der Waals surface area contributed by atoms with Crippen LogP contribution in [0.1, 0.15) is 51.4 Å². The van der Waals surface area contributed by atoms with Crippen molar-refractivity contribution >= 4 is 24.3 Å². The molecule has 0 radical (unpaired) electrons. The van der Waals surface area contributed by atoms with E-state index in [1.807, 2.05) is 0 Å². The van der Waals surface area contributed by atoms with Crippen molar-refractivity contribution in [2.45, 2.75) is 57.4 Å². The number of imide groups is 1. The molecule has 1 aliphatic carbocycles. The Kier molecular flexibility index (Phi) is 10.0. The van der Waals surface area contributed by atoms with Gasteiger partial charge in [0, 0.05) is 26.8 Å². The molecule has 0 spiro atoms. The number of hydrogen-bond acceptors (Lipinski definition) is 6. The molecule has 2 atom stereocenters. The Morgan fingerprint density at radius 3 is 2.63 bits per heavy atom. The number of carbonyl (C=O) groups excluding carboxylic acids is 4. The van der Waals surface area contributed by atoms with E-state index in [0.717, 1.165) is 25.7 Å². The fourth-order valence-electron chi connectivity index (χ4n) is 4.37. The van der Waals surface area contributed by atoms with Gasteiger partial charge in [0.2, 0.25) is 12.3 Å². The van der Waals surface area contributed by atoms with Crippen molar-refractivity contribution in [3.63, 3.8) is 0 Å². The maximum Gasteiger partial charge on any atom is 0.321 e. The molecule has 0 unspecified atom stereocenters. The minimum Gasteiger partial charge on any atom is -0.385 e. The molecule has 2 fully saturated rings. The number of nitrogens with zero attached hydrogens (tertiary/aromatic N) is 2. The molecule has 0 aromatic carbocycles. The molecule has 10 heteroatoms. The van der Waals surface area contributed by atoms with Gasteiger partial charge in [-0.3, -0.25) is 24.9 Å². The topological polar surface area (TPSA) is 128 Å². The van der Waals surface area contributed by atoms with Crippen LogP contribution < -0.4 is 10.6 Å². The zero-order valence-corrected chi connectivity index (χ0v) is 17.7. The molecule has 0 bridgehead atoms. The largest absolute Gasteiger partial charge is 0.385 e. The molecule has 5 amide bonds. The van der Waals surface area contributed by atoms with Gasteiger partial charge in [0.05, 0.1) is 12.5 Å². The molecule has 0 aromatic heterocycles. The highest BCUT2D eigenvalue weighted by atomic mass is 16.5. The molecule has 30 heavy (non-hydrogen) atoms. The molecule has 2 rings (SSSR count). The van der Waals surface area contributed by atoms with Gasteiger partial charge < -0.3 is 15.0 Å². The van der Waals surface area contributed by atoms with Crippen molar-refractivity contribution in [1.29, 1.82) is 0 Å². The van der Waals surface area contributed by atoms with E-state index in [4.69, 9.17) is 4.74 Å². The molecule has 1 saturated carbocycles. The first-order valence-corrected chi connectivity index (χ1v) is 10.7. The van der Waals surface area contributed by atoms with Gasteiger partial charge in [-0.2, -0.15) is 0 Å². The van der Waals surface area contributed by atoms with Crippen LogP contribution in [0.4, 0.5) is 4.79 Å². The lowest BCUT2D eigenvalue weighted by Gasteiger charge is -2.30. The van der Waals surface area contributed by atoms with Crippen LogP contribution in [0.25, 0.3) is 0 Å². The lowest BCUT2D eigenvalue weighted by molar-refractivity contribution is -0.158. The van der Waals surface area contributed by atoms with E-state index in [9.17, 15) is 24.4 Å². The number of nitrogens with one attached hydrogen (secondary N) is 2. The molecule has 1 heterocycles. The Bertz CT molecular complexity index is 596. The first-order valence-electron chi connectivity index (χ1n) is 10.7. The minimum atomic E-state index is -0.725. The first kappa shape index (κ1) is 24.1. The van der Waals surface area contributed by atoms with Crippen molar-refractivity contribution in [2.75, 3.05) is 33.4 Å². The second-order valence-corrected chi connectivity index (χ2v) is 8.09. The SMILES string of the molecule is COCCCNC(=O)NC(=O)[C@@H]1CCCN1C(=O)[C@H](CC1CCCC1)CN(O)C=O. The molecule has 0 aromatic rings. The van der Waals surface area contributed by atoms with E-state index >= 15 is 0 Å². The summed E-state index contributed by atoms with van der Waals surface area (Å²) in [4.78, 5) is 50.1. The predicted octanol–water partition coefficient (Wildman–Crippen LogP) is 0.884. The maximum atomic E-state index is 13.2. The highest BCUT2D eigenvalue weighted by Gasteiger charge is 2.39. The number of methoxy groups -OCH3 is 1. The van der Waals surface area contributed by atoms with Crippen molar-refractivity contribution in [3.05, 3.63) is 0 Å². The highest BCUT2D eigenvalue weighted by molar-refractivity contribution is 5.99. The summed E-state index contributed by atoms with van der Waals surface area (Å²) in [6, 6.07) is -1.32. The summed E-state index contributed by atoms with van der Waals surface area (Å²) in [5.74, 6) is -0.951. The van der Waals surface area contributed by atoms with Gasteiger partial charge in [0.15, 0.2) is 0 Å². The summed E-state index contributed by atoms with van der Waals surface area (Å²) in [6.45, 7) is 1.20. The number of likely N-dealkylation sites (tertiary alicyclic amines) is 1. The van der Waals surface area contributed by atoms with Crippen LogP contribution in [0.3, 0.4) is 0 Å². The average molecular weight is 427 g/mol. The summed E-state index contributed by atoms with van der Waals surface area (Å²) >= 11 is 0. The zero-order chi connectivity index (χ0) is 21.9. The summed E-state index contributed by atoms with van der Waals surface area (Å²) in [7, 11) is 1.57. The maximum absolute atomic E-state index is 13.2. The van der Waals surface area contributed by atoms with Crippen molar-refractivity contribution in [2.24, 2.45) is 11.8 Å². The van der Waals surface area contributed by atoms with Crippen LogP contribution in [-0.2, 0) is 19.1 Å². The highest BCUT2D eigenvalue weighted by Crippen LogP contribution is 2.32. The second-order valence-electron chi connectivity index (χ2n) is 8.09. The number of carbonyl (C=O) groups is 4. The Labute approximate surface area is 177 Å². The lowest BCUT2D eigenvalue weighted by Crippen LogP contribution is -2.52. The van der Waals surface area contributed by atoms with Crippen LogP contribution in [0.15, 0.2) is 0 Å². The smallest absolute Gasteiger partial charge is 0.321 e. The van der Waals surface area contributed by atoms with E-state index in [2.05, 4.69) is 10.6 Å². The molecule has 2 aliphatic rings. The number of hydroxylamine groups is 2. The zero-order valence-electron chi connectivity index (χ0n) is 17.7. The first-order chi connectivity index (χ1) is 14.5. The fourth-order valence-corrected chi connectivity index (χ4v) is 4.37. The number of amides is 5. The summed E-state index contributed by atoms with van der Waals surface area (Å²) < 4.78 is 4.91. The van der Waals surface area contributed by atoms with Gasteiger partial charge in [-0.15, -0.1) is 0 Å². The Hall–Kier alpha value is -2.20. The number of urea groups is 1. The third kappa shape index (κ3) is 7.24. The van der Waals surface area contributed by atoms with Crippen LogP contribution in [0, 0.1) is 11.8 Å². The molecular formula is C20H34N4O6. The van der Waals surface area contributed by atoms with Crippen LogP contribution >= 0.6 is 0 Å². The van der Waals surface area contributed by atoms with Gasteiger partial charge in [0.25, 0.3) is 5.91 Å². The lowest BCUT2D eigenvalue weighted by atomic mass is 9.91. The van der Waals surface area contributed by atoms with Gasteiger partial charge in [-0.25, -0.2) is 9.86 Å². The van der Waals surface area contributed by atoms with Gasteiger partial charge in [-0.05, 0) is 31.6 Å². The van der Waals surface area contributed by atoms with E-state index in [0.29, 0.717) is 56.4 Å². The summed E-state index contributed by atoms with van der Waals surface area (Å²) in [5.41, 5.74) is 0. The number of hydrogen-bond donors (Lipinski definition) is 3. The molecule has 1 aliphatic heterocycles. The van der Waals surface area contributed by atoms with Crippen LogP contribution in [0.2, 0.25) is 0 Å². The quantitative estimate of drug-likeness (QED) is 0.195. The van der Waals surface area contributed by atoms with E-state index < -0.39 is 23.9 Å². The third-order valence-electron chi connectivity index (χ3n) is 5.86. The van der Waals surface area contributed by atoms with Crippen molar-refractivity contribution in [3.8, 4) is 0 Å². The Morgan fingerprint density at radius 1 is 1.23 bits per heavy atom. The normalized spacial score (nSPS) is 20.1. The summed E-state index contributed by atoms with van der Waals surface area (Å²) in [5, 5.41) is 15.1. The summed E-state index contributed by atoms with van der Waals surface area (Å²) in [6.07, 6.45) is 6.93. The Morgan fingerprint density at radius 2 is 1.97 bits per heavy atom.